The Kier molecular flexibility index (Phi) is 2.74. The molecule has 0 radical (unpaired) electrons. The monoisotopic (exact) mass is 271 g/mol. The van der Waals surface area contributed by atoms with Gasteiger partial charge in [0.25, 0.3) is 0 Å². The fourth-order valence-electron chi connectivity index (χ4n) is 1.93. The van der Waals surface area contributed by atoms with Crippen LogP contribution in [-0.4, -0.2) is 35.5 Å². The molecule has 20 heavy (non-hydrogen) atoms. The van der Waals surface area contributed by atoms with E-state index in [1.54, 1.807) is 16.9 Å². The number of hydrogen-bond acceptors (Lipinski definition) is 4. The maximum atomic E-state index is 10.9. The van der Waals surface area contributed by atoms with Crippen LogP contribution >= 0.6 is 0 Å². The van der Waals surface area contributed by atoms with Crippen molar-refractivity contribution >= 4 is 11.5 Å². The lowest BCUT2D eigenvalue weighted by Crippen LogP contribution is -2.01. The molecule has 7 heteroatoms. The molecule has 7 nitrogen and oxygen atoms in total. The summed E-state index contributed by atoms with van der Waals surface area (Å²) in [6, 6.07) is 1.94. The molecule has 0 aliphatic carbocycles. The highest BCUT2D eigenvalue weighted by molar-refractivity contribution is 5.87. The van der Waals surface area contributed by atoms with Gasteiger partial charge in [-0.1, -0.05) is 13.8 Å². The Hall–Kier alpha value is -2.70. The number of nitrogens with zero attached hydrogens (tertiary/aromatic N) is 5. The standard InChI is InChI=1S/C13H13N5O2/c1-8(2)10-5-11-12(14-3-4-17(11)16-10)18-7-9(6-15-18)13(19)20/h3-8H,1-2H3,(H,19,20). The van der Waals surface area contributed by atoms with Crippen molar-refractivity contribution in [2.75, 3.05) is 0 Å². The summed E-state index contributed by atoms with van der Waals surface area (Å²) in [5, 5.41) is 17.4. The van der Waals surface area contributed by atoms with E-state index in [-0.39, 0.29) is 5.56 Å². The Bertz CT molecular complexity index is 787. The summed E-state index contributed by atoms with van der Waals surface area (Å²) in [5.41, 5.74) is 1.86. The lowest BCUT2D eigenvalue weighted by atomic mass is 10.1. The number of hydrogen-bond donors (Lipinski definition) is 1. The topological polar surface area (TPSA) is 85.3 Å². The van der Waals surface area contributed by atoms with E-state index in [4.69, 9.17) is 5.11 Å². The van der Waals surface area contributed by atoms with Gasteiger partial charge in [-0.25, -0.2) is 19.0 Å². The predicted octanol–water partition coefficient (Wildman–Crippen LogP) is 1.74. The highest BCUT2D eigenvalue weighted by atomic mass is 16.4. The first-order chi connectivity index (χ1) is 9.56. The van der Waals surface area contributed by atoms with Gasteiger partial charge < -0.3 is 5.11 Å². The number of fused-ring (bicyclic) bond motifs is 1. The summed E-state index contributed by atoms with van der Waals surface area (Å²) in [7, 11) is 0. The van der Waals surface area contributed by atoms with Crippen LogP contribution in [-0.2, 0) is 0 Å². The Morgan fingerprint density at radius 3 is 2.85 bits per heavy atom. The van der Waals surface area contributed by atoms with E-state index in [0.29, 0.717) is 11.7 Å². The van der Waals surface area contributed by atoms with Crippen LogP contribution in [0.4, 0.5) is 0 Å². The van der Waals surface area contributed by atoms with Gasteiger partial charge in [0.15, 0.2) is 5.82 Å². The van der Waals surface area contributed by atoms with Gasteiger partial charge in [0.1, 0.15) is 5.52 Å². The molecule has 0 amide bonds. The Morgan fingerprint density at radius 2 is 2.20 bits per heavy atom. The average Bonchev–Trinajstić information content (AvgIpc) is 3.05. The van der Waals surface area contributed by atoms with Crippen molar-refractivity contribution in [2.45, 2.75) is 19.8 Å². The van der Waals surface area contributed by atoms with Gasteiger partial charge in [-0.15, -0.1) is 0 Å². The van der Waals surface area contributed by atoms with Crippen LogP contribution in [0.2, 0.25) is 0 Å². The van der Waals surface area contributed by atoms with Crippen molar-refractivity contribution in [2.24, 2.45) is 0 Å². The highest BCUT2D eigenvalue weighted by Crippen LogP contribution is 2.19. The maximum absolute atomic E-state index is 10.9. The van der Waals surface area contributed by atoms with Crippen LogP contribution in [0.3, 0.4) is 0 Å². The molecule has 0 fully saturated rings. The quantitative estimate of drug-likeness (QED) is 0.784. The van der Waals surface area contributed by atoms with E-state index in [2.05, 4.69) is 29.0 Å². The van der Waals surface area contributed by atoms with Crippen LogP contribution in [0.1, 0.15) is 35.8 Å². The number of carbonyl (C=O) groups is 1. The predicted molar refractivity (Wildman–Crippen MR) is 71.2 cm³/mol. The zero-order valence-electron chi connectivity index (χ0n) is 11.1. The van der Waals surface area contributed by atoms with Crippen LogP contribution in [0.25, 0.3) is 11.3 Å². The van der Waals surface area contributed by atoms with E-state index >= 15 is 0 Å². The second kappa shape index (κ2) is 4.44. The first-order valence-corrected chi connectivity index (χ1v) is 6.19. The Balaban J connectivity index is 2.17. The van der Waals surface area contributed by atoms with Crippen molar-refractivity contribution in [1.29, 1.82) is 0 Å². The fourth-order valence-corrected chi connectivity index (χ4v) is 1.93. The molecule has 0 saturated heterocycles. The van der Waals surface area contributed by atoms with Gasteiger partial charge in [-0.05, 0) is 12.0 Å². The van der Waals surface area contributed by atoms with E-state index in [1.165, 1.54) is 17.1 Å². The molecular weight excluding hydrogens is 258 g/mol. The summed E-state index contributed by atoms with van der Waals surface area (Å²) in [6.07, 6.45) is 6.10. The molecule has 0 aromatic carbocycles. The van der Waals surface area contributed by atoms with Gasteiger partial charge in [0.2, 0.25) is 0 Å². The molecule has 3 aromatic heterocycles. The molecule has 0 atom stereocenters. The zero-order chi connectivity index (χ0) is 14.3. The first kappa shape index (κ1) is 12.3. The number of aromatic carboxylic acids is 1. The molecule has 3 heterocycles. The molecule has 1 N–H and O–H groups in total. The third kappa shape index (κ3) is 1.93. The normalized spacial score (nSPS) is 11.3. The van der Waals surface area contributed by atoms with Crippen molar-refractivity contribution in [3.8, 4) is 5.82 Å². The second-order valence-electron chi connectivity index (χ2n) is 4.78. The SMILES string of the molecule is CC(C)c1cc2c(-n3cc(C(=O)O)cn3)nccn2n1. The lowest BCUT2D eigenvalue weighted by molar-refractivity contribution is 0.0697. The summed E-state index contributed by atoms with van der Waals surface area (Å²) in [6.45, 7) is 4.12. The molecule has 0 spiro atoms. The average molecular weight is 271 g/mol. The lowest BCUT2D eigenvalue weighted by Gasteiger charge is -2.01. The van der Waals surface area contributed by atoms with Crippen molar-refractivity contribution in [1.82, 2.24) is 24.4 Å². The van der Waals surface area contributed by atoms with Gasteiger partial charge in [-0.3, -0.25) is 0 Å². The largest absolute Gasteiger partial charge is 0.478 e. The van der Waals surface area contributed by atoms with Crippen LogP contribution in [0, 0.1) is 0 Å². The van der Waals surface area contributed by atoms with Crippen LogP contribution in [0.15, 0.2) is 30.9 Å². The van der Waals surface area contributed by atoms with E-state index in [0.717, 1.165) is 11.2 Å². The number of carboxylic acid groups (broad SMARTS) is 1. The van der Waals surface area contributed by atoms with Gasteiger partial charge in [-0.2, -0.15) is 10.2 Å². The molecule has 0 aliphatic heterocycles. The molecule has 0 saturated carbocycles. The molecular formula is C13H13N5O2. The molecule has 0 unspecified atom stereocenters. The third-order valence-electron chi connectivity index (χ3n) is 3.03. The molecule has 102 valence electrons. The van der Waals surface area contributed by atoms with Gasteiger partial charge >= 0.3 is 5.97 Å². The molecule has 0 aliphatic rings. The van der Waals surface area contributed by atoms with E-state index < -0.39 is 5.97 Å². The number of rotatable bonds is 3. The summed E-state index contributed by atoms with van der Waals surface area (Å²) >= 11 is 0. The van der Waals surface area contributed by atoms with Crippen LogP contribution in [0.5, 0.6) is 0 Å². The van der Waals surface area contributed by atoms with E-state index in [1.807, 2.05) is 6.07 Å². The number of carboxylic acids is 1. The van der Waals surface area contributed by atoms with Crippen molar-refractivity contribution in [3.63, 3.8) is 0 Å². The summed E-state index contributed by atoms with van der Waals surface area (Å²) < 4.78 is 3.17. The summed E-state index contributed by atoms with van der Waals surface area (Å²) in [5.74, 6) is -0.158. The highest BCUT2D eigenvalue weighted by Gasteiger charge is 2.13. The molecule has 3 rings (SSSR count). The fraction of sp³-hybridized carbons (Fsp3) is 0.231. The summed E-state index contributed by atoms with van der Waals surface area (Å²) in [4.78, 5) is 15.2. The Morgan fingerprint density at radius 1 is 1.40 bits per heavy atom. The molecule has 3 aromatic rings. The van der Waals surface area contributed by atoms with E-state index in [9.17, 15) is 4.79 Å². The van der Waals surface area contributed by atoms with Gasteiger partial charge in [0, 0.05) is 18.6 Å². The minimum absolute atomic E-state index is 0.123. The Labute approximate surface area is 114 Å². The second-order valence-corrected chi connectivity index (χ2v) is 4.78. The minimum Gasteiger partial charge on any atom is -0.478 e. The van der Waals surface area contributed by atoms with Gasteiger partial charge in [0.05, 0.1) is 17.5 Å². The first-order valence-electron chi connectivity index (χ1n) is 6.19. The minimum atomic E-state index is -1.01. The smallest absolute Gasteiger partial charge is 0.338 e. The number of aromatic nitrogens is 5. The van der Waals surface area contributed by atoms with Crippen molar-refractivity contribution < 1.29 is 9.90 Å². The molecule has 0 bridgehead atoms. The van der Waals surface area contributed by atoms with Crippen LogP contribution < -0.4 is 0 Å². The maximum Gasteiger partial charge on any atom is 0.338 e. The third-order valence-corrected chi connectivity index (χ3v) is 3.03. The van der Waals surface area contributed by atoms with Crippen molar-refractivity contribution in [3.05, 3.63) is 42.1 Å². The zero-order valence-corrected chi connectivity index (χ0v) is 11.1.